The minimum Gasteiger partial charge on any atom is -0.355 e. The third-order valence-corrected chi connectivity index (χ3v) is 3.37. The van der Waals surface area contributed by atoms with E-state index in [-0.39, 0.29) is 18.9 Å². The molecule has 0 heterocycles. The van der Waals surface area contributed by atoms with Crippen LogP contribution >= 0.6 is 0 Å². The second kappa shape index (κ2) is 6.41. The first-order valence-electron chi connectivity index (χ1n) is 6.47. The van der Waals surface area contributed by atoms with E-state index in [0.29, 0.717) is 19.3 Å². The monoisotopic (exact) mass is 266 g/mol. The Morgan fingerprint density at radius 3 is 2.33 bits per heavy atom. The summed E-state index contributed by atoms with van der Waals surface area (Å²) in [5.74, 6) is -0.214. The Morgan fingerprint density at radius 2 is 1.78 bits per heavy atom. The first-order chi connectivity index (χ1) is 8.33. The number of nitrogens with one attached hydrogen (secondary N) is 1. The number of carbonyl (C=O) groups is 1. The van der Waals surface area contributed by atoms with E-state index in [2.05, 4.69) is 5.32 Å². The van der Waals surface area contributed by atoms with Gasteiger partial charge in [-0.05, 0) is 25.7 Å². The van der Waals surface area contributed by atoms with Crippen LogP contribution in [0.2, 0.25) is 0 Å². The molecule has 0 spiro atoms. The van der Waals surface area contributed by atoms with E-state index >= 15 is 0 Å². The van der Waals surface area contributed by atoms with Crippen molar-refractivity contribution in [2.75, 3.05) is 6.54 Å². The van der Waals surface area contributed by atoms with Crippen LogP contribution in [0.5, 0.6) is 0 Å². The van der Waals surface area contributed by atoms with E-state index in [4.69, 9.17) is 5.73 Å². The van der Waals surface area contributed by atoms with Crippen LogP contribution in [0.4, 0.5) is 13.2 Å². The Morgan fingerprint density at radius 1 is 1.17 bits per heavy atom. The van der Waals surface area contributed by atoms with Gasteiger partial charge in [0, 0.05) is 13.0 Å². The zero-order valence-corrected chi connectivity index (χ0v) is 10.5. The lowest BCUT2D eigenvalue weighted by molar-refractivity contribution is -0.135. The van der Waals surface area contributed by atoms with Crippen molar-refractivity contribution < 1.29 is 18.0 Å². The van der Waals surface area contributed by atoms with Crippen molar-refractivity contribution in [1.29, 1.82) is 0 Å². The highest BCUT2D eigenvalue weighted by Gasteiger charge is 2.34. The first kappa shape index (κ1) is 15.3. The van der Waals surface area contributed by atoms with Gasteiger partial charge >= 0.3 is 6.18 Å². The molecule has 1 amide bonds. The molecule has 0 atom stereocenters. The van der Waals surface area contributed by atoms with Crippen molar-refractivity contribution in [3.63, 3.8) is 0 Å². The fourth-order valence-corrected chi connectivity index (χ4v) is 2.24. The molecule has 3 N–H and O–H groups in total. The maximum atomic E-state index is 11.9. The highest BCUT2D eigenvalue weighted by Crippen LogP contribution is 2.26. The third kappa shape index (κ3) is 5.25. The minimum absolute atomic E-state index is 0.0430. The van der Waals surface area contributed by atoms with Gasteiger partial charge < -0.3 is 11.1 Å². The van der Waals surface area contributed by atoms with Crippen molar-refractivity contribution in [2.45, 2.75) is 63.1 Å². The van der Waals surface area contributed by atoms with E-state index in [9.17, 15) is 18.0 Å². The third-order valence-electron chi connectivity index (χ3n) is 3.37. The number of hydrogen-bond acceptors (Lipinski definition) is 2. The van der Waals surface area contributed by atoms with E-state index in [1.807, 2.05) is 0 Å². The smallest absolute Gasteiger partial charge is 0.355 e. The lowest BCUT2D eigenvalue weighted by atomic mass is 9.82. The van der Waals surface area contributed by atoms with Crippen LogP contribution in [-0.2, 0) is 4.79 Å². The SMILES string of the molecule is NC1(C(=O)NCCCCC(F)(F)F)CCCCC1. The van der Waals surface area contributed by atoms with E-state index < -0.39 is 18.1 Å². The minimum atomic E-state index is -4.11. The molecule has 1 aliphatic rings. The average molecular weight is 266 g/mol. The van der Waals surface area contributed by atoms with Crippen LogP contribution in [0.15, 0.2) is 0 Å². The molecule has 0 aromatic rings. The summed E-state index contributed by atoms with van der Waals surface area (Å²) >= 11 is 0. The van der Waals surface area contributed by atoms with Gasteiger partial charge in [-0.15, -0.1) is 0 Å². The van der Waals surface area contributed by atoms with Gasteiger partial charge in [0.25, 0.3) is 0 Å². The van der Waals surface area contributed by atoms with E-state index in [1.54, 1.807) is 0 Å². The van der Waals surface area contributed by atoms with Crippen LogP contribution in [0.1, 0.15) is 51.4 Å². The van der Waals surface area contributed by atoms with E-state index in [1.165, 1.54) is 0 Å². The Balaban J connectivity index is 2.17. The second-order valence-electron chi connectivity index (χ2n) is 5.04. The predicted octanol–water partition coefficient (Wildman–Crippen LogP) is 2.50. The number of amides is 1. The molecule has 6 heteroatoms. The zero-order valence-electron chi connectivity index (χ0n) is 10.5. The van der Waals surface area contributed by atoms with Gasteiger partial charge in [-0.2, -0.15) is 13.2 Å². The van der Waals surface area contributed by atoms with E-state index in [0.717, 1.165) is 19.3 Å². The fraction of sp³-hybridized carbons (Fsp3) is 0.917. The summed E-state index contributed by atoms with van der Waals surface area (Å²) in [6.07, 6.45) is -0.210. The first-order valence-corrected chi connectivity index (χ1v) is 6.47. The summed E-state index contributed by atoms with van der Waals surface area (Å²) in [7, 11) is 0. The van der Waals surface area contributed by atoms with Gasteiger partial charge in [-0.1, -0.05) is 19.3 Å². The van der Waals surface area contributed by atoms with Gasteiger partial charge in [-0.25, -0.2) is 0 Å². The molecule has 0 aromatic heterocycles. The molecular formula is C12H21F3N2O. The van der Waals surface area contributed by atoms with Crippen molar-refractivity contribution in [1.82, 2.24) is 5.32 Å². The molecule has 0 aromatic carbocycles. The summed E-state index contributed by atoms with van der Waals surface area (Å²) in [5.41, 5.74) is 5.19. The second-order valence-corrected chi connectivity index (χ2v) is 5.04. The van der Waals surface area contributed by atoms with Gasteiger partial charge in [0.15, 0.2) is 0 Å². The summed E-state index contributed by atoms with van der Waals surface area (Å²) in [4.78, 5) is 11.8. The predicted molar refractivity (Wildman–Crippen MR) is 62.9 cm³/mol. The van der Waals surface area contributed by atoms with Crippen LogP contribution in [0.25, 0.3) is 0 Å². The number of rotatable bonds is 5. The maximum absolute atomic E-state index is 11.9. The Labute approximate surface area is 105 Å². The molecular weight excluding hydrogens is 245 g/mol. The summed E-state index contributed by atoms with van der Waals surface area (Å²) < 4.78 is 35.7. The molecule has 0 unspecified atom stereocenters. The Bertz CT molecular complexity index is 273. The molecule has 1 fully saturated rings. The van der Waals surface area contributed by atoms with Crippen molar-refractivity contribution in [3.8, 4) is 0 Å². The highest BCUT2D eigenvalue weighted by molar-refractivity contribution is 5.86. The molecule has 3 nitrogen and oxygen atoms in total. The van der Waals surface area contributed by atoms with Crippen molar-refractivity contribution >= 4 is 5.91 Å². The molecule has 106 valence electrons. The lowest BCUT2D eigenvalue weighted by Crippen LogP contribution is -2.55. The van der Waals surface area contributed by atoms with Crippen LogP contribution < -0.4 is 11.1 Å². The van der Waals surface area contributed by atoms with Crippen molar-refractivity contribution in [2.24, 2.45) is 5.73 Å². The standard InChI is InChI=1S/C12H21F3N2O/c13-12(14,15)8-4-5-9-17-10(18)11(16)6-2-1-3-7-11/h1-9,16H2,(H,17,18). The van der Waals surface area contributed by atoms with Crippen LogP contribution in [0.3, 0.4) is 0 Å². The van der Waals surface area contributed by atoms with Crippen LogP contribution in [-0.4, -0.2) is 24.2 Å². The average Bonchev–Trinajstić information content (AvgIpc) is 2.27. The fourth-order valence-electron chi connectivity index (χ4n) is 2.24. The molecule has 18 heavy (non-hydrogen) atoms. The topological polar surface area (TPSA) is 55.1 Å². The number of hydrogen-bond donors (Lipinski definition) is 2. The molecule has 1 saturated carbocycles. The molecule has 1 rings (SSSR count). The Hall–Kier alpha value is -0.780. The largest absolute Gasteiger partial charge is 0.389 e. The molecule has 0 aliphatic heterocycles. The molecule has 0 bridgehead atoms. The lowest BCUT2D eigenvalue weighted by Gasteiger charge is -2.31. The summed E-state index contributed by atoms with van der Waals surface area (Å²) in [5, 5.41) is 2.65. The number of carbonyl (C=O) groups excluding carboxylic acids is 1. The van der Waals surface area contributed by atoms with Crippen molar-refractivity contribution in [3.05, 3.63) is 0 Å². The zero-order chi connectivity index (χ0) is 13.6. The maximum Gasteiger partial charge on any atom is 0.389 e. The quantitative estimate of drug-likeness (QED) is 0.751. The normalized spacial score (nSPS) is 19.6. The van der Waals surface area contributed by atoms with Crippen LogP contribution in [0, 0.1) is 0 Å². The number of alkyl halides is 3. The van der Waals surface area contributed by atoms with Gasteiger partial charge in [-0.3, -0.25) is 4.79 Å². The number of unbranched alkanes of at least 4 members (excludes halogenated alkanes) is 1. The summed E-state index contributed by atoms with van der Waals surface area (Å²) in [6.45, 7) is 0.272. The molecule has 0 radical (unpaired) electrons. The highest BCUT2D eigenvalue weighted by atomic mass is 19.4. The van der Waals surface area contributed by atoms with Gasteiger partial charge in [0.1, 0.15) is 0 Å². The molecule has 0 saturated heterocycles. The number of halogens is 3. The van der Waals surface area contributed by atoms with Gasteiger partial charge in [0.05, 0.1) is 5.54 Å². The summed E-state index contributed by atoms with van der Waals surface area (Å²) in [6, 6.07) is 0. The number of nitrogens with two attached hydrogens (primary N) is 1. The van der Waals surface area contributed by atoms with Gasteiger partial charge in [0.2, 0.25) is 5.91 Å². The molecule has 1 aliphatic carbocycles. The Kier molecular flexibility index (Phi) is 5.44.